The van der Waals surface area contributed by atoms with Crippen LogP contribution in [0.4, 0.5) is 0 Å². The van der Waals surface area contributed by atoms with Crippen LogP contribution >= 0.6 is 46.4 Å². The highest BCUT2D eigenvalue weighted by Crippen LogP contribution is 2.35. The quantitative estimate of drug-likeness (QED) is 0.378. The molecule has 2 atom stereocenters. The maximum Gasteiger partial charge on any atom is 0.338 e. The predicted octanol–water partition coefficient (Wildman–Crippen LogP) is 6.26. The van der Waals surface area contributed by atoms with Gasteiger partial charge in [0.15, 0.2) is 11.5 Å². The smallest absolute Gasteiger partial charge is 0.338 e. The van der Waals surface area contributed by atoms with Crippen LogP contribution in [0, 0.1) is 0 Å². The van der Waals surface area contributed by atoms with Crippen LogP contribution in [0.15, 0.2) is 48.5 Å². The van der Waals surface area contributed by atoms with Gasteiger partial charge in [-0.05, 0) is 35.4 Å². The van der Waals surface area contributed by atoms with E-state index in [0.717, 1.165) is 11.1 Å². The molecule has 1 aliphatic rings. The van der Waals surface area contributed by atoms with Gasteiger partial charge < -0.3 is 19.7 Å². The Hall–Kier alpha value is -2.64. The average molecular weight is 542 g/mol. The highest BCUT2D eigenvalue weighted by molar-refractivity contribution is 6.38. The highest BCUT2D eigenvalue weighted by Gasteiger charge is 2.35. The monoisotopic (exact) mass is 540 g/mol. The molecule has 0 aromatic heterocycles. The molecule has 3 aromatic carbocycles. The molecule has 0 unspecified atom stereocenters. The van der Waals surface area contributed by atoms with Crippen LogP contribution in [-0.2, 0) is 22.3 Å². The highest BCUT2D eigenvalue weighted by atomic mass is 35.5. The normalized spacial score (nSPS) is 17.1. The van der Waals surface area contributed by atoms with Crippen molar-refractivity contribution in [3.63, 3.8) is 0 Å². The fourth-order valence-corrected chi connectivity index (χ4v) is 4.64. The zero-order valence-electron chi connectivity index (χ0n) is 17.2. The Morgan fingerprint density at radius 2 is 1.00 bits per heavy atom. The molecule has 0 amide bonds. The van der Waals surface area contributed by atoms with Gasteiger partial charge in [0.05, 0.1) is 31.2 Å². The summed E-state index contributed by atoms with van der Waals surface area (Å²) in [5.41, 5.74) is 1.97. The van der Waals surface area contributed by atoms with Gasteiger partial charge in [0.1, 0.15) is 12.2 Å². The minimum atomic E-state index is -0.819. The Bertz CT molecular complexity index is 1150. The lowest BCUT2D eigenvalue weighted by atomic mass is 9.87. The molecule has 0 bridgehead atoms. The molecule has 10 heteroatoms. The third kappa shape index (κ3) is 5.05. The Labute approximate surface area is 214 Å². The lowest BCUT2D eigenvalue weighted by Crippen LogP contribution is -2.41. The minimum absolute atomic E-state index is 0.0360. The molecule has 0 saturated carbocycles. The Kier molecular flexibility index (Phi) is 7.14. The summed E-state index contributed by atoms with van der Waals surface area (Å²) in [6.07, 6.45) is -1.03. The number of hydrogen-bond donors (Lipinski definition) is 2. The van der Waals surface area contributed by atoms with Crippen molar-refractivity contribution in [3.8, 4) is 11.5 Å². The summed E-state index contributed by atoms with van der Waals surface area (Å²) in [6, 6.07) is 12.5. The van der Waals surface area contributed by atoms with Crippen molar-refractivity contribution in [3.05, 3.63) is 90.9 Å². The number of phenols is 2. The molecule has 1 aliphatic carbocycles. The predicted molar refractivity (Wildman–Crippen MR) is 129 cm³/mol. The van der Waals surface area contributed by atoms with Crippen molar-refractivity contribution in [2.75, 3.05) is 0 Å². The van der Waals surface area contributed by atoms with Crippen LogP contribution in [0.2, 0.25) is 20.1 Å². The summed E-state index contributed by atoms with van der Waals surface area (Å²) in [7, 11) is 0. The van der Waals surface area contributed by atoms with Crippen LogP contribution in [0.3, 0.4) is 0 Å². The Morgan fingerprint density at radius 1 is 0.676 bits per heavy atom. The van der Waals surface area contributed by atoms with E-state index in [9.17, 15) is 19.8 Å². The van der Waals surface area contributed by atoms with E-state index in [0.29, 0.717) is 12.8 Å². The zero-order valence-corrected chi connectivity index (χ0v) is 20.3. The lowest BCUT2D eigenvalue weighted by Gasteiger charge is -2.32. The molecule has 34 heavy (non-hydrogen) atoms. The fourth-order valence-electron chi connectivity index (χ4n) is 3.67. The van der Waals surface area contributed by atoms with Crippen LogP contribution in [0.5, 0.6) is 11.5 Å². The SMILES string of the molecule is O=C(O[C@H]1Cc2ccccc2C[C@H]1OC(=O)c1cc(Cl)c(O)c(Cl)c1)c1cc(Cl)c(O)c(Cl)c1. The molecule has 4 rings (SSSR count). The van der Waals surface area contributed by atoms with Gasteiger partial charge in [-0.1, -0.05) is 70.7 Å². The second-order valence-corrected chi connectivity index (χ2v) is 9.27. The van der Waals surface area contributed by atoms with Gasteiger partial charge in [-0.3, -0.25) is 0 Å². The first kappa shape index (κ1) is 24.5. The standard InChI is InChI=1S/C24H16Cl4O6/c25-15-5-13(6-16(26)21(15)29)23(31)33-19-9-11-3-1-2-4-12(11)10-20(19)34-24(32)14-7-17(27)22(30)18(28)8-14/h1-8,19-20,29-30H,9-10H2/t19-,20+. The number of phenolic OH excluding ortho intramolecular Hbond substituents is 2. The van der Waals surface area contributed by atoms with E-state index in [1.165, 1.54) is 24.3 Å². The third-order valence-electron chi connectivity index (χ3n) is 5.40. The van der Waals surface area contributed by atoms with Crippen molar-refractivity contribution in [2.24, 2.45) is 0 Å². The zero-order chi connectivity index (χ0) is 24.6. The van der Waals surface area contributed by atoms with Crippen molar-refractivity contribution < 1.29 is 29.3 Å². The fraction of sp³-hybridized carbons (Fsp3) is 0.167. The summed E-state index contributed by atoms with van der Waals surface area (Å²) in [4.78, 5) is 25.7. The van der Waals surface area contributed by atoms with Gasteiger partial charge in [-0.25, -0.2) is 9.59 Å². The summed E-state index contributed by atoms with van der Waals surface area (Å²) < 4.78 is 11.4. The van der Waals surface area contributed by atoms with E-state index in [-0.39, 0.29) is 42.7 Å². The molecule has 0 saturated heterocycles. The van der Waals surface area contributed by atoms with Crippen molar-refractivity contribution in [1.29, 1.82) is 0 Å². The average Bonchev–Trinajstić information content (AvgIpc) is 2.80. The van der Waals surface area contributed by atoms with Gasteiger partial charge in [0.2, 0.25) is 0 Å². The first-order valence-corrected chi connectivity index (χ1v) is 11.5. The number of aromatic hydroxyl groups is 2. The lowest BCUT2D eigenvalue weighted by molar-refractivity contribution is -0.0389. The number of ether oxygens (including phenoxy) is 2. The van der Waals surface area contributed by atoms with Gasteiger partial charge in [-0.15, -0.1) is 0 Å². The molecular formula is C24H16Cl4O6. The molecule has 0 aliphatic heterocycles. The van der Waals surface area contributed by atoms with Crippen molar-refractivity contribution >= 4 is 58.3 Å². The molecule has 2 N–H and O–H groups in total. The second kappa shape index (κ2) is 9.92. The van der Waals surface area contributed by atoms with E-state index in [1.54, 1.807) is 0 Å². The van der Waals surface area contributed by atoms with Crippen molar-refractivity contribution in [2.45, 2.75) is 25.0 Å². The molecule has 0 spiro atoms. The van der Waals surface area contributed by atoms with E-state index in [4.69, 9.17) is 55.9 Å². The van der Waals surface area contributed by atoms with E-state index < -0.39 is 24.1 Å². The topological polar surface area (TPSA) is 93.1 Å². The largest absolute Gasteiger partial charge is 0.505 e. The van der Waals surface area contributed by atoms with Crippen molar-refractivity contribution in [1.82, 2.24) is 0 Å². The number of halogens is 4. The van der Waals surface area contributed by atoms with Gasteiger partial charge in [-0.2, -0.15) is 0 Å². The van der Waals surface area contributed by atoms with Crippen LogP contribution in [0.25, 0.3) is 0 Å². The molecule has 3 aromatic rings. The first-order chi connectivity index (χ1) is 16.1. The molecule has 0 radical (unpaired) electrons. The minimum Gasteiger partial charge on any atom is -0.505 e. The van der Waals surface area contributed by atoms with Crippen LogP contribution < -0.4 is 0 Å². The van der Waals surface area contributed by atoms with E-state index >= 15 is 0 Å². The molecular weight excluding hydrogens is 526 g/mol. The number of hydrogen-bond acceptors (Lipinski definition) is 6. The summed E-state index contributed by atoms with van der Waals surface area (Å²) >= 11 is 23.7. The summed E-state index contributed by atoms with van der Waals surface area (Å²) in [5, 5.41) is 19.1. The van der Waals surface area contributed by atoms with Crippen LogP contribution in [-0.4, -0.2) is 34.4 Å². The number of rotatable bonds is 4. The molecule has 0 heterocycles. The third-order valence-corrected chi connectivity index (χ3v) is 6.55. The first-order valence-electron chi connectivity index (χ1n) is 9.98. The van der Waals surface area contributed by atoms with Gasteiger partial charge >= 0.3 is 11.9 Å². The number of esters is 2. The van der Waals surface area contributed by atoms with Gasteiger partial charge in [0, 0.05) is 12.8 Å². The molecule has 176 valence electrons. The van der Waals surface area contributed by atoms with Crippen LogP contribution in [0.1, 0.15) is 31.8 Å². The maximum atomic E-state index is 12.8. The summed E-state index contributed by atoms with van der Waals surface area (Å²) in [5.74, 6) is -2.18. The maximum absolute atomic E-state index is 12.8. The number of fused-ring (bicyclic) bond motifs is 1. The number of carbonyl (C=O) groups excluding carboxylic acids is 2. The molecule has 6 nitrogen and oxygen atoms in total. The second-order valence-electron chi connectivity index (χ2n) is 7.64. The van der Waals surface area contributed by atoms with E-state index in [2.05, 4.69) is 0 Å². The summed E-state index contributed by atoms with van der Waals surface area (Å²) in [6.45, 7) is 0. The van der Waals surface area contributed by atoms with E-state index in [1.807, 2.05) is 24.3 Å². The Morgan fingerprint density at radius 3 is 1.32 bits per heavy atom. The Balaban J connectivity index is 1.60. The number of carbonyl (C=O) groups is 2. The molecule has 0 fully saturated rings. The van der Waals surface area contributed by atoms with Gasteiger partial charge in [0.25, 0.3) is 0 Å². The number of benzene rings is 3.